The van der Waals surface area contributed by atoms with Gasteiger partial charge in [-0.25, -0.2) is 4.79 Å². The molecule has 5 amide bonds. The lowest BCUT2D eigenvalue weighted by Crippen LogP contribution is -2.63. The Hall–Kier alpha value is -3.67. The smallest absolute Gasteiger partial charge is 0.407 e. The van der Waals surface area contributed by atoms with Crippen LogP contribution in [0.3, 0.4) is 0 Å². The molecule has 1 aromatic carbocycles. The molecule has 2 saturated heterocycles. The zero-order chi connectivity index (χ0) is 23.4. The maximum Gasteiger partial charge on any atom is 0.407 e. The fourth-order valence-corrected chi connectivity index (χ4v) is 4.62. The van der Waals surface area contributed by atoms with Crippen LogP contribution < -0.4 is 5.32 Å². The number of fused-ring (bicyclic) bond motifs is 1. The number of carboxylic acid groups (broad SMARTS) is 1. The number of rotatable bonds is 1. The number of carbonyl (C=O) groups is 5. The van der Waals surface area contributed by atoms with E-state index in [-0.39, 0.29) is 41.3 Å². The van der Waals surface area contributed by atoms with Crippen molar-refractivity contribution in [2.24, 2.45) is 11.3 Å². The number of benzene rings is 1. The summed E-state index contributed by atoms with van der Waals surface area (Å²) in [4.78, 5) is 62.9. The predicted octanol–water partition coefficient (Wildman–Crippen LogP) is 1.46. The van der Waals surface area contributed by atoms with Gasteiger partial charge in [0.1, 0.15) is 6.04 Å². The van der Waals surface area contributed by atoms with E-state index in [0.717, 1.165) is 4.90 Å². The van der Waals surface area contributed by atoms with Crippen molar-refractivity contribution in [2.75, 3.05) is 6.54 Å². The molecule has 3 aliphatic rings. The van der Waals surface area contributed by atoms with Crippen molar-refractivity contribution in [1.82, 2.24) is 15.1 Å². The first-order chi connectivity index (χ1) is 15.0. The van der Waals surface area contributed by atoms with E-state index in [1.165, 1.54) is 17.0 Å². The summed E-state index contributed by atoms with van der Waals surface area (Å²) in [6.45, 7) is 6.20. The summed E-state index contributed by atoms with van der Waals surface area (Å²) in [7, 11) is 0. The zero-order valence-corrected chi connectivity index (χ0v) is 18.0. The van der Waals surface area contributed by atoms with Crippen LogP contribution in [0.2, 0.25) is 0 Å². The van der Waals surface area contributed by atoms with Crippen molar-refractivity contribution >= 4 is 29.7 Å². The molecular weight excluding hydrogens is 414 g/mol. The number of hydrogen-bond donors (Lipinski definition) is 2. The number of carbonyl (C=O) groups excluding carboxylic acids is 4. The lowest BCUT2D eigenvalue weighted by Gasteiger charge is -2.50. The van der Waals surface area contributed by atoms with E-state index in [1.54, 1.807) is 6.07 Å². The first-order valence-electron chi connectivity index (χ1n) is 10.4. The number of piperidine rings is 1. The van der Waals surface area contributed by atoms with Crippen molar-refractivity contribution in [3.63, 3.8) is 0 Å². The van der Waals surface area contributed by atoms with E-state index in [1.807, 2.05) is 20.8 Å². The third kappa shape index (κ3) is 3.51. The molecule has 0 aliphatic carbocycles. The van der Waals surface area contributed by atoms with Gasteiger partial charge in [-0.3, -0.25) is 29.4 Å². The van der Waals surface area contributed by atoms with Crippen LogP contribution in [0.15, 0.2) is 18.2 Å². The summed E-state index contributed by atoms with van der Waals surface area (Å²) < 4.78 is 0. The van der Waals surface area contributed by atoms with Crippen molar-refractivity contribution in [2.45, 2.75) is 45.7 Å². The Morgan fingerprint density at radius 2 is 1.81 bits per heavy atom. The molecule has 1 aromatic rings. The van der Waals surface area contributed by atoms with Crippen molar-refractivity contribution in [1.29, 1.82) is 0 Å². The second-order valence-corrected chi connectivity index (χ2v) is 9.33. The SMILES string of the molecule is CC(C)(C)C1C(C#Cc2ccc3c(c2)C(=O)N(C2CCC(=O)NC2=O)C3=O)CN1C(=O)O. The van der Waals surface area contributed by atoms with Gasteiger partial charge in [0.15, 0.2) is 0 Å². The average Bonchev–Trinajstić information content (AvgIpc) is 2.90. The third-order valence-electron chi connectivity index (χ3n) is 6.08. The lowest BCUT2D eigenvalue weighted by molar-refractivity contribution is -0.136. The van der Waals surface area contributed by atoms with Crippen LogP contribution in [0.5, 0.6) is 0 Å². The normalized spacial score (nSPS) is 25.0. The number of nitrogens with zero attached hydrogens (tertiary/aromatic N) is 2. The van der Waals surface area contributed by atoms with Crippen LogP contribution in [0.1, 0.15) is 59.9 Å². The van der Waals surface area contributed by atoms with Gasteiger partial charge in [-0.15, -0.1) is 0 Å². The Morgan fingerprint density at radius 3 is 2.44 bits per heavy atom. The molecule has 166 valence electrons. The Bertz CT molecular complexity index is 1120. The van der Waals surface area contributed by atoms with Gasteiger partial charge in [-0.1, -0.05) is 32.6 Å². The average molecular weight is 437 g/mol. The third-order valence-corrected chi connectivity index (χ3v) is 6.08. The Labute approximate surface area is 184 Å². The monoisotopic (exact) mass is 437 g/mol. The summed E-state index contributed by atoms with van der Waals surface area (Å²) in [5, 5.41) is 11.5. The second kappa shape index (κ2) is 7.48. The fourth-order valence-electron chi connectivity index (χ4n) is 4.62. The molecule has 9 nitrogen and oxygen atoms in total. The quantitative estimate of drug-likeness (QED) is 0.506. The van der Waals surface area contributed by atoms with Gasteiger partial charge in [-0.05, 0) is 30.0 Å². The molecule has 2 N–H and O–H groups in total. The molecule has 3 aliphatic heterocycles. The van der Waals surface area contributed by atoms with Gasteiger partial charge >= 0.3 is 6.09 Å². The molecule has 2 fully saturated rings. The van der Waals surface area contributed by atoms with Crippen LogP contribution in [0.25, 0.3) is 0 Å². The zero-order valence-electron chi connectivity index (χ0n) is 18.0. The van der Waals surface area contributed by atoms with Crippen LogP contribution in [0.4, 0.5) is 4.79 Å². The Morgan fingerprint density at radius 1 is 1.12 bits per heavy atom. The molecule has 0 spiro atoms. The highest BCUT2D eigenvalue weighted by atomic mass is 16.4. The summed E-state index contributed by atoms with van der Waals surface area (Å²) in [6, 6.07) is 3.41. The van der Waals surface area contributed by atoms with Crippen LogP contribution in [-0.2, 0) is 9.59 Å². The lowest BCUT2D eigenvalue weighted by atomic mass is 9.72. The van der Waals surface area contributed by atoms with Gasteiger partial charge in [0.05, 0.1) is 23.1 Å². The molecule has 0 saturated carbocycles. The molecule has 3 heterocycles. The largest absolute Gasteiger partial charge is 0.465 e. The topological polar surface area (TPSA) is 124 Å². The minimum Gasteiger partial charge on any atom is -0.465 e. The van der Waals surface area contributed by atoms with Gasteiger partial charge in [0.2, 0.25) is 11.8 Å². The van der Waals surface area contributed by atoms with Crippen molar-refractivity contribution < 1.29 is 29.1 Å². The molecule has 32 heavy (non-hydrogen) atoms. The van der Waals surface area contributed by atoms with Crippen LogP contribution in [0, 0.1) is 23.2 Å². The van der Waals surface area contributed by atoms with E-state index in [9.17, 15) is 29.1 Å². The van der Waals surface area contributed by atoms with Crippen LogP contribution >= 0.6 is 0 Å². The van der Waals surface area contributed by atoms with E-state index >= 15 is 0 Å². The predicted molar refractivity (Wildman–Crippen MR) is 111 cm³/mol. The van der Waals surface area contributed by atoms with E-state index in [4.69, 9.17) is 0 Å². The highest BCUT2D eigenvalue weighted by molar-refractivity contribution is 6.23. The highest BCUT2D eigenvalue weighted by Gasteiger charge is 2.48. The number of hydrogen-bond acceptors (Lipinski definition) is 5. The van der Waals surface area contributed by atoms with Crippen molar-refractivity contribution in [3.05, 3.63) is 34.9 Å². The first kappa shape index (κ1) is 21.6. The van der Waals surface area contributed by atoms with Gasteiger partial charge < -0.3 is 10.0 Å². The number of likely N-dealkylation sites (tertiary alicyclic amines) is 1. The molecule has 0 bridgehead atoms. The van der Waals surface area contributed by atoms with Crippen LogP contribution in [-0.4, -0.2) is 63.3 Å². The molecular formula is C23H23N3O6. The van der Waals surface area contributed by atoms with E-state index < -0.39 is 35.8 Å². The maximum atomic E-state index is 12.9. The summed E-state index contributed by atoms with van der Waals surface area (Å²) in [6.07, 6.45) is -0.818. The molecule has 9 heteroatoms. The Balaban J connectivity index is 1.56. The molecule has 4 rings (SSSR count). The molecule has 3 unspecified atom stereocenters. The fraction of sp³-hybridized carbons (Fsp3) is 0.435. The summed E-state index contributed by atoms with van der Waals surface area (Å²) >= 11 is 0. The standard InChI is InChI=1S/C23H23N3O6/c1-23(2,3)18-13(11-25(18)22(31)32)6-4-12-5-7-14-15(10-12)21(30)26(20(14)29)16-8-9-17(27)24-19(16)28/h5,7,10,13,16,18H,8-9,11H2,1-3H3,(H,31,32)(H,24,27,28). The van der Waals surface area contributed by atoms with Gasteiger partial charge in [0, 0.05) is 18.5 Å². The number of amides is 5. The summed E-state index contributed by atoms with van der Waals surface area (Å²) in [5.41, 5.74) is 0.605. The number of imide groups is 2. The minimum atomic E-state index is -1.01. The highest BCUT2D eigenvalue weighted by Crippen LogP contribution is 2.38. The number of nitrogens with one attached hydrogen (secondary N) is 1. The maximum absolute atomic E-state index is 12.9. The van der Waals surface area contributed by atoms with Crippen molar-refractivity contribution in [3.8, 4) is 11.8 Å². The van der Waals surface area contributed by atoms with E-state index in [2.05, 4.69) is 17.2 Å². The minimum absolute atomic E-state index is 0.0598. The molecule has 3 atom stereocenters. The summed E-state index contributed by atoms with van der Waals surface area (Å²) in [5.74, 6) is 3.75. The van der Waals surface area contributed by atoms with Gasteiger partial charge in [-0.2, -0.15) is 0 Å². The first-order valence-corrected chi connectivity index (χ1v) is 10.4. The molecule has 0 radical (unpaired) electrons. The Kier molecular flexibility index (Phi) is 5.04. The second-order valence-electron chi connectivity index (χ2n) is 9.33. The van der Waals surface area contributed by atoms with Gasteiger partial charge in [0.25, 0.3) is 11.8 Å². The molecule has 0 aromatic heterocycles. The van der Waals surface area contributed by atoms with E-state index in [0.29, 0.717) is 12.1 Å².